The third-order valence-corrected chi connectivity index (χ3v) is 7.27. The second-order valence-corrected chi connectivity index (χ2v) is 10.5. The smallest absolute Gasteiger partial charge is 0.310 e. The molecule has 0 aliphatic rings. The Morgan fingerprint density at radius 1 is 1.00 bits per heavy atom. The van der Waals surface area contributed by atoms with Gasteiger partial charge in [0, 0.05) is 16.7 Å². The molecule has 0 fully saturated rings. The maximum atomic E-state index is 13.7. The lowest BCUT2D eigenvalue weighted by molar-refractivity contribution is -0.142. The molecule has 0 aliphatic carbocycles. The number of halogens is 2. The standard InChI is InChI=1S/C31H28Cl2N6O3/c1-2-42-30(41)15-21-8-10-22(11-9-21)31(34)27(14-20-6-4-3-5-7-20)38-19-35-25(17-29(38)40)24-16-23(32)12-13-26(24)39-18-28(33)36-37-39/h3-13,16-19,27,31H,2,14-15,34H2,1H3/t27-,31-/m0/s1. The summed E-state index contributed by atoms with van der Waals surface area (Å²) in [6, 6.07) is 22.9. The molecule has 9 nitrogen and oxygen atoms in total. The fraction of sp³-hybridized carbons (Fsp3) is 0.194. The third-order valence-electron chi connectivity index (χ3n) is 6.86. The molecule has 0 aliphatic heterocycles. The van der Waals surface area contributed by atoms with Crippen LogP contribution in [0, 0.1) is 0 Å². The summed E-state index contributed by atoms with van der Waals surface area (Å²) in [5, 5.41) is 8.59. The van der Waals surface area contributed by atoms with Crippen LogP contribution in [0.25, 0.3) is 16.9 Å². The van der Waals surface area contributed by atoms with Gasteiger partial charge in [0.05, 0.1) is 49.0 Å². The van der Waals surface area contributed by atoms with Gasteiger partial charge in [-0.3, -0.25) is 14.2 Å². The van der Waals surface area contributed by atoms with Crippen LogP contribution in [-0.4, -0.2) is 37.1 Å². The maximum absolute atomic E-state index is 13.7. The summed E-state index contributed by atoms with van der Waals surface area (Å²) in [6.45, 7) is 2.11. The zero-order valence-corrected chi connectivity index (χ0v) is 24.2. The molecule has 5 rings (SSSR count). The maximum Gasteiger partial charge on any atom is 0.310 e. The number of hydrogen-bond donors (Lipinski definition) is 1. The van der Waals surface area contributed by atoms with Gasteiger partial charge in [0.15, 0.2) is 5.15 Å². The van der Waals surface area contributed by atoms with Gasteiger partial charge < -0.3 is 10.5 Å². The summed E-state index contributed by atoms with van der Waals surface area (Å²) in [4.78, 5) is 30.2. The van der Waals surface area contributed by atoms with Gasteiger partial charge in [-0.05, 0) is 48.2 Å². The van der Waals surface area contributed by atoms with Crippen molar-refractivity contribution >= 4 is 29.2 Å². The molecule has 0 radical (unpaired) electrons. The van der Waals surface area contributed by atoms with Gasteiger partial charge in [-0.25, -0.2) is 9.67 Å². The molecule has 0 spiro atoms. The van der Waals surface area contributed by atoms with Crippen molar-refractivity contribution in [2.45, 2.75) is 31.8 Å². The Morgan fingerprint density at radius 2 is 1.76 bits per heavy atom. The molecule has 2 N–H and O–H groups in total. The minimum atomic E-state index is -0.550. The number of carbonyl (C=O) groups excluding carboxylic acids is 1. The van der Waals surface area contributed by atoms with Crippen molar-refractivity contribution in [2.24, 2.45) is 5.73 Å². The number of ether oxygens (including phenoxy) is 1. The van der Waals surface area contributed by atoms with Crippen LogP contribution in [0.15, 0.2) is 96.2 Å². The quantitative estimate of drug-likeness (QED) is 0.213. The van der Waals surface area contributed by atoms with Crippen molar-refractivity contribution in [2.75, 3.05) is 6.61 Å². The zero-order valence-electron chi connectivity index (χ0n) is 22.7. The molecule has 2 aromatic heterocycles. The molecule has 0 bridgehead atoms. The van der Waals surface area contributed by atoms with Crippen LogP contribution in [0.3, 0.4) is 0 Å². The normalized spacial score (nSPS) is 12.6. The third kappa shape index (κ3) is 6.76. The summed E-state index contributed by atoms with van der Waals surface area (Å²) in [7, 11) is 0. The lowest BCUT2D eigenvalue weighted by Crippen LogP contribution is -2.33. The molecular formula is C31H28Cl2N6O3. The first-order chi connectivity index (χ1) is 20.3. The first-order valence-corrected chi connectivity index (χ1v) is 14.1. The molecule has 11 heteroatoms. The van der Waals surface area contributed by atoms with E-state index in [-0.39, 0.29) is 23.1 Å². The lowest BCUT2D eigenvalue weighted by Gasteiger charge is -2.27. The van der Waals surface area contributed by atoms with Gasteiger partial charge in [0.1, 0.15) is 0 Å². The van der Waals surface area contributed by atoms with Gasteiger partial charge in [-0.15, -0.1) is 5.10 Å². The molecule has 2 heterocycles. The van der Waals surface area contributed by atoms with Gasteiger partial charge in [-0.2, -0.15) is 0 Å². The van der Waals surface area contributed by atoms with Crippen LogP contribution in [-0.2, 0) is 22.4 Å². The Morgan fingerprint density at radius 3 is 2.43 bits per heavy atom. The van der Waals surface area contributed by atoms with Crippen molar-refractivity contribution in [3.05, 3.63) is 129 Å². The van der Waals surface area contributed by atoms with Crippen molar-refractivity contribution < 1.29 is 9.53 Å². The van der Waals surface area contributed by atoms with Crippen molar-refractivity contribution in [3.63, 3.8) is 0 Å². The van der Waals surface area contributed by atoms with Crippen molar-refractivity contribution in [3.8, 4) is 16.9 Å². The molecule has 0 unspecified atom stereocenters. The molecule has 5 aromatic rings. The number of rotatable bonds is 10. The first-order valence-electron chi connectivity index (χ1n) is 13.3. The first kappa shape index (κ1) is 29.2. The van der Waals surface area contributed by atoms with Crippen LogP contribution in [0.1, 0.15) is 35.7 Å². The van der Waals surface area contributed by atoms with Gasteiger partial charge >= 0.3 is 5.97 Å². The number of aromatic nitrogens is 5. The molecule has 2 atom stereocenters. The number of carbonyl (C=O) groups is 1. The van der Waals surface area contributed by atoms with Gasteiger partial charge in [0.25, 0.3) is 5.56 Å². The Kier molecular flexibility index (Phi) is 9.12. The van der Waals surface area contributed by atoms with E-state index >= 15 is 0 Å². The molecule has 214 valence electrons. The number of nitrogens with zero attached hydrogens (tertiary/aromatic N) is 5. The zero-order chi connectivity index (χ0) is 29.6. The average Bonchev–Trinajstić information content (AvgIpc) is 3.42. The molecular weight excluding hydrogens is 575 g/mol. The van der Waals surface area contributed by atoms with Crippen LogP contribution in [0.4, 0.5) is 0 Å². The highest BCUT2D eigenvalue weighted by Gasteiger charge is 2.24. The van der Waals surface area contributed by atoms with E-state index < -0.39 is 12.1 Å². The molecule has 42 heavy (non-hydrogen) atoms. The SMILES string of the molecule is CCOC(=O)Cc1ccc([C@H](N)[C@H](Cc2ccccc2)n2cnc(-c3cc(Cl)ccc3-n3cc(Cl)nn3)cc2=O)cc1. The van der Waals surface area contributed by atoms with Crippen LogP contribution < -0.4 is 11.3 Å². The fourth-order valence-corrected chi connectivity index (χ4v) is 5.09. The minimum Gasteiger partial charge on any atom is -0.466 e. The second kappa shape index (κ2) is 13.1. The van der Waals surface area contributed by atoms with Crippen LogP contribution in [0.2, 0.25) is 10.2 Å². The number of benzene rings is 3. The summed E-state index contributed by atoms with van der Waals surface area (Å²) in [6.07, 6.45) is 3.74. The predicted octanol–water partition coefficient (Wildman–Crippen LogP) is 5.39. The number of esters is 1. The van der Waals surface area contributed by atoms with E-state index in [9.17, 15) is 9.59 Å². The molecule has 3 aromatic carbocycles. The van der Waals surface area contributed by atoms with E-state index in [4.69, 9.17) is 33.7 Å². The summed E-state index contributed by atoms with van der Waals surface area (Å²) in [5.41, 5.74) is 10.8. The lowest BCUT2D eigenvalue weighted by atomic mass is 9.93. The highest BCUT2D eigenvalue weighted by molar-refractivity contribution is 6.31. The minimum absolute atomic E-state index is 0.175. The number of nitrogens with two attached hydrogens (primary N) is 1. The van der Waals surface area contributed by atoms with Crippen LogP contribution in [0.5, 0.6) is 0 Å². The second-order valence-electron chi connectivity index (χ2n) is 9.67. The monoisotopic (exact) mass is 602 g/mol. The van der Waals surface area contributed by atoms with Crippen molar-refractivity contribution in [1.82, 2.24) is 24.5 Å². The Labute approximate surface area is 252 Å². The highest BCUT2D eigenvalue weighted by atomic mass is 35.5. The van der Waals surface area contributed by atoms with E-state index in [0.29, 0.717) is 35.0 Å². The topological polar surface area (TPSA) is 118 Å². The van der Waals surface area contributed by atoms with E-state index in [1.165, 1.54) is 17.1 Å². The van der Waals surface area contributed by atoms with E-state index in [1.54, 1.807) is 35.9 Å². The van der Waals surface area contributed by atoms with Gasteiger partial charge in [-0.1, -0.05) is 83.0 Å². The summed E-state index contributed by atoms with van der Waals surface area (Å²) < 4.78 is 8.11. The average molecular weight is 604 g/mol. The Bertz CT molecular complexity index is 1740. The summed E-state index contributed by atoms with van der Waals surface area (Å²) >= 11 is 12.3. The molecule has 0 saturated heterocycles. The van der Waals surface area contributed by atoms with Gasteiger partial charge in [0.2, 0.25) is 0 Å². The van der Waals surface area contributed by atoms with E-state index in [1.807, 2.05) is 54.6 Å². The van der Waals surface area contributed by atoms with E-state index in [2.05, 4.69) is 15.3 Å². The molecule has 0 saturated carbocycles. The summed E-state index contributed by atoms with van der Waals surface area (Å²) in [5.74, 6) is -0.288. The molecule has 0 amide bonds. The Balaban J connectivity index is 1.50. The van der Waals surface area contributed by atoms with Crippen LogP contribution >= 0.6 is 23.2 Å². The fourth-order valence-electron chi connectivity index (χ4n) is 4.79. The highest BCUT2D eigenvalue weighted by Crippen LogP contribution is 2.30. The number of hydrogen-bond acceptors (Lipinski definition) is 7. The van der Waals surface area contributed by atoms with E-state index in [0.717, 1.165) is 16.7 Å². The predicted molar refractivity (Wildman–Crippen MR) is 162 cm³/mol. The Hall–Kier alpha value is -4.31. The largest absolute Gasteiger partial charge is 0.466 e. The van der Waals surface area contributed by atoms with Crippen molar-refractivity contribution in [1.29, 1.82) is 0 Å².